The average Bonchev–Trinajstić information content (AvgIpc) is 2.28. The molecule has 1 rings (SSSR count). The summed E-state index contributed by atoms with van der Waals surface area (Å²) in [5.41, 5.74) is 5.59. The Morgan fingerprint density at radius 2 is 2.11 bits per heavy atom. The van der Waals surface area contributed by atoms with Gasteiger partial charge in [0, 0.05) is 19.2 Å². The van der Waals surface area contributed by atoms with Crippen molar-refractivity contribution in [1.82, 2.24) is 9.97 Å². The molecule has 0 bridgehead atoms. The molecule has 1 heterocycles. The second kappa shape index (κ2) is 7.71. The monoisotopic (exact) mass is 254 g/mol. The summed E-state index contributed by atoms with van der Waals surface area (Å²) in [6.07, 6.45) is 0. The van der Waals surface area contributed by atoms with Gasteiger partial charge in [0.2, 0.25) is 11.8 Å². The molecule has 0 atom stereocenters. The Morgan fingerprint density at radius 3 is 2.78 bits per heavy atom. The molecule has 0 spiro atoms. The second-order valence-electron chi connectivity index (χ2n) is 4.30. The van der Waals surface area contributed by atoms with Crippen LogP contribution in [0, 0.1) is 5.92 Å². The van der Waals surface area contributed by atoms with Gasteiger partial charge in [0.1, 0.15) is 12.4 Å². The maximum Gasteiger partial charge on any atom is 0.225 e. The highest BCUT2D eigenvalue weighted by molar-refractivity contribution is 5.42. The predicted octanol–water partition coefficient (Wildman–Crippen LogP) is 1.54. The molecule has 1 aromatic rings. The first kappa shape index (κ1) is 14.5. The van der Waals surface area contributed by atoms with Gasteiger partial charge in [-0.2, -0.15) is 9.97 Å². The summed E-state index contributed by atoms with van der Waals surface area (Å²) in [5, 5.41) is 3.06. The Bertz CT molecular complexity index is 358. The molecular formula is C12H22N4O2. The van der Waals surface area contributed by atoms with Gasteiger partial charge in [-0.15, -0.1) is 0 Å². The molecule has 0 saturated carbocycles. The van der Waals surface area contributed by atoms with Crippen molar-refractivity contribution in [2.24, 2.45) is 5.92 Å². The lowest BCUT2D eigenvalue weighted by atomic mass is 10.2. The van der Waals surface area contributed by atoms with Crippen LogP contribution in [0.5, 0.6) is 5.88 Å². The molecule has 0 aromatic carbocycles. The number of hydrogen-bond acceptors (Lipinski definition) is 6. The highest BCUT2D eigenvalue weighted by Gasteiger charge is 2.02. The quantitative estimate of drug-likeness (QED) is 0.685. The fourth-order valence-electron chi connectivity index (χ4n) is 1.31. The lowest BCUT2D eigenvalue weighted by Gasteiger charge is -2.09. The Morgan fingerprint density at radius 1 is 1.33 bits per heavy atom. The van der Waals surface area contributed by atoms with Crippen LogP contribution in [0.25, 0.3) is 0 Å². The third-order valence-corrected chi connectivity index (χ3v) is 2.01. The van der Waals surface area contributed by atoms with E-state index in [0.717, 1.165) is 13.2 Å². The van der Waals surface area contributed by atoms with E-state index in [1.165, 1.54) is 0 Å². The number of nitrogens with two attached hydrogens (primary N) is 1. The second-order valence-corrected chi connectivity index (χ2v) is 4.30. The summed E-state index contributed by atoms with van der Waals surface area (Å²) in [6.45, 7) is 8.70. The number of anilines is 2. The van der Waals surface area contributed by atoms with Crippen molar-refractivity contribution in [3.8, 4) is 5.88 Å². The first-order valence-electron chi connectivity index (χ1n) is 6.20. The summed E-state index contributed by atoms with van der Waals surface area (Å²) < 4.78 is 10.9. The van der Waals surface area contributed by atoms with E-state index in [1.54, 1.807) is 6.07 Å². The highest BCUT2D eigenvalue weighted by Crippen LogP contribution is 2.14. The molecule has 6 nitrogen and oxygen atoms in total. The zero-order valence-electron chi connectivity index (χ0n) is 11.3. The molecule has 18 heavy (non-hydrogen) atoms. The fraction of sp³-hybridized carbons (Fsp3) is 0.667. The van der Waals surface area contributed by atoms with Gasteiger partial charge in [0.25, 0.3) is 0 Å². The van der Waals surface area contributed by atoms with Gasteiger partial charge in [0.15, 0.2) is 0 Å². The van der Waals surface area contributed by atoms with Crippen molar-refractivity contribution in [2.45, 2.75) is 20.8 Å². The van der Waals surface area contributed by atoms with Crippen LogP contribution >= 0.6 is 0 Å². The number of ether oxygens (including phenoxy) is 2. The van der Waals surface area contributed by atoms with Crippen molar-refractivity contribution >= 4 is 11.8 Å². The molecule has 102 valence electrons. The van der Waals surface area contributed by atoms with Gasteiger partial charge in [-0.1, -0.05) is 13.8 Å². The Labute approximate surface area is 108 Å². The van der Waals surface area contributed by atoms with E-state index in [9.17, 15) is 0 Å². The Hall–Kier alpha value is -1.56. The smallest absolute Gasteiger partial charge is 0.225 e. The highest BCUT2D eigenvalue weighted by atomic mass is 16.5. The molecule has 3 N–H and O–H groups in total. The van der Waals surface area contributed by atoms with E-state index in [1.807, 2.05) is 6.92 Å². The van der Waals surface area contributed by atoms with Crippen LogP contribution in [0.4, 0.5) is 11.8 Å². The van der Waals surface area contributed by atoms with Crippen LogP contribution in [-0.4, -0.2) is 36.3 Å². The van der Waals surface area contributed by atoms with E-state index in [4.69, 9.17) is 15.2 Å². The molecule has 0 fully saturated rings. The fourth-order valence-corrected chi connectivity index (χ4v) is 1.31. The van der Waals surface area contributed by atoms with E-state index in [2.05, 4.69) is 29.1 Å². The van der Waals surface area contributed by atoms with Gasteiger partial charge < -0.3 is 20.5 Å². The maximum absolute atomic E-state index is 5.59. The van der Waals surface area contributed by atoms with Gasteiger partial charge in [0.05, 0.1) is 6.61 Å². The van der Waals surface area contributed by atoms with Crippen LogP contribution in [0.2, 0.25) is 0 Å². The molecule has 6 heteroatoms. The number of aromatic nitrogens is 2. The van der Waals surface area contributed by atoms with Crippen LogP contribution in [0.15, 0.2) is 6.07 Å². The molecule has 0 aliphatic carbocycles. The van der Waals surface area contributed by atoms with E-state index in [-0.39, 0.29) is 5.95 Å². The number of nitrogens with zero attached hydrogens (tertiary/aromatic N) is 2. The predicted molar refractivity (Wildman–Crippen MR) is 71.8 cm³/mol. The lowest BCUT2D eigenvalue weighted by molar-refractivity contribution is 0.0806. The minimum absolute atomic E-state index is 0.201. The van der Waals surface area contributed by atoms with E-state index in [0.29, 0.717) is 30.8 Å². The molecule has 0 aliphatic heterocycles. The average molecular weight is 254 g/mol. The van der Waals surface area contributed by atoms with E-state index >= 15 is 0 Å². The van der Waals surface area contributed by atoms with Crippen molar-refractivity contribution in [2.75, 3.05) is 37.4 Å². The van der Waals surface area contributed by atoms with Gasteiger partial charge >= 0.3 is 0 Å². The zero-order valence-corrected chi connectivity index (χ0v) is 11.3. The van der Waals surface area contributed by atoms with Crippen LogP contribution in [0.1, 0.15) is 20.8 Å². The molecule has 0 aliphatic rings. The number of nitrogen functional groups attached to an aromatic ring is 1. The number of hydrogen-bond donors (Lipinski definition) is 2. The van der Waals surface area contributed by atoms with Crippen LogP contribution < -0.4 is 15.8 Å². The standard InChI is InChI=1S/C12H22N4O2/c1-4-14-10-7-11(16-12(13)15-10)18-6-5-17-8-9(2)3/h7,9H,4-6,8H2,1-3H3,(H3,13,14,15,16). The minimum atomic E-state index is 0.201. The molecule has 0 radical (unpaired) electrons. The lowest BCUT2D eigenvalue weighted by Crippen LogP contribution is -2.12. The molecule has 0 amide bonds. The largest absolute Gasteiger partial charge is 0.475 e. The van der Waals surface area contributed by atoms with Crippen LogP contribution in [-0.2, 0) is 4.74 Å². The van der Waals surface area contributed by atoms with Crippen molar-refractivity contribution < 1.29 is 9.47 Å². The number of rotatable bonds is 8. The molecule has 1 aromatic heterocycles. The van der Waals surface area contributed by atoms with Gasteiger partial charge in [-0.3, -0.25) is 0 Å². The normalized spacial score (nSPS) is 10.7. The maximum atomic E-state index is 5.59. The number of nitrogens with one attached hydrogen (secondary N) is 1. The summed E-state index contributed by atoms with van der Waals surface area (Å²) in [7, 11) is 0. The first-order chi connectivity index (χ1) is 8.61. The molecule has 0 saturated heterocycles. The van der Waals surface area contributed by atoms with Crippen molar-refractivity contribution in [3.05, 3.63) is 6.07 Å². The molecule has 0 unspecified atom stereocenters. The zero-order chi connectivity index (χ0) is 13.4. The third-order valence-electron chi connectivity index (χ3n) is 2.01. The summed E-state index contributed by atoms with van der Waals surface area (Å²) in [4.78, 5) is 8.03. The molecular weight excluding hydrogens is 232 g/mol. The Kier molecular flexibility index (Phi) is 6.21. The van der Waals surface area contributed by atoms with Crippen molar-refractivity contribution in [1.29, 1.82) is 0 Å². The van der Waals surface area contributed by atoms with E-state index < -0.39 is 0 Å². The summed E-state index contributed by atoms with van der Waals surface area (Å²) in [6, 6.07) is 1.72. The first-order valence-corrected chi connectivity index (χ1v) is 6.20. The Balaban J connectivity index is 2.37. The van der Waals surface area contributed by atoms with Gasteiger partial charge in [-0.25, -0.2) is 0 Å². The summed E-state index contributed by atoms with van der Waals surface area (Å²) >= 11 is 0. The van der Waals surface area contributed by atoms with Crippen molar-refractivity contribution in [3.63, 3.8) is 0 Å². The topological polar surface area (TPSA) is 82.3 Å². The summed E-state index contributed by atoms with van der Waals surface area (Å²) in [5.74, 6) is 1.86. The van der Waals surface area contributed by atoms with Crippen LogP contribution in [0.3, 0.4) is 0 Å². The minimum Gasteiger partial charge on any atom is -0.475 e. The SMILES string of the molecule is CCNc1cc(OCCOCC(C)C)nc(N)n1. The third kappa shape index (κ3) is 5.67. The van der Waals surface area contributed by atoms with Gasteiger partial charge in [-0.05, 0) is 12.8 Å².